The summed E-state index contributed by atoms with van der Waals surface area (Å²) in [5.41, 5.74) is 0.285. The first-order chi connectivity index (χ1) is 9.49. The van der Waals surface area contributed by atoms with Gasteiger partial charge in [0.05, 0.1) is 19.3 Å². The van der Waals surface area contributed by atoms with Crippen LogP contribution in [-0.4, -0.2) is 36.7 Å². The van der Waals surface area contributed by atoms with Crippen LogP contribution in [0.25, 0.3) is 0 Å². The number of hydrogen-bond acceptors (Lipinski definition) is 4. The third-order valence-electron chi connectivity index (χ3n) is 2.61. The first-order valence-corrected chi connectivity index (χ1v) is 6.34. The molecule has 0 heterocycles. The van der Waals surface area contributed by atoms with Crippen molar-refractivity contribution in [2.45, 2.75) is 26.3 Å². The number of ether oxygens (including phenoxy) is 2. The summed E-state index contributed by atoms with van der Waals surface area (Å²) in [5.74, 6) is -0.642. The molecule has 110 valence electrons. The lowest BCUT2D eigenvalue weighted by Gasteiger charge is -2.14. The van der Waals surface area contributed by atoms with Crippen LogP contribution in [0.5, 0.6) is 11.5 Å². The highest BCUT2D eigenvalue weighted by Crippen LogP contribution is 2.25. The van der Waals surface area contributed by atoms with Crippen molar-refractivity contribution in [2.24, 2.45) is 0 Å². The van der Waals surface area contributed by atoms with Crippen molar-refractivity contribution < 1.29 is 24.2 Å². The Bertz CT molecular complexity index is 486. The summed E-state index contributed by atoms with van der Waals surface area (Å²) in [5, 5.41) is 11.2. The fourth-order valence-corrected chi connectivity index (χ4v) is 1.48. The molecular weight excluding hydrogens is 262 g/mol. The van der Waals surface area contributed by atoms with Crippen LogP contribution >= 0.6 is 0 Å². The van der Waals surface area contributed by atoms with Crippen LogP contribution in [0.2, 0.25) is 0 Å². The third-order valence-corrected chi connectivity index (χ3v) is 2.61. The number of methoxy groups -OCH3 is 1. The van der Waals surface area contributed by atoms with Crippen molar-refractivity contribution in [1.82, 2.24) is 5.32 Å². The SMILES string of the molecule is CCCOc1cc(OC)ccc1C(=O)N[C@H](C)C(=O)O. The Morgan fingerprint density at radius 3 is 2.65 bits per heavy atom. The molecule has 0 unspecified atom stereocenters. The van der Waals surface area contributed by atoms with Gasteiger partial charge in [-0.2, -0.15) is 0 Å². The predicted octanol–water partition coefficient (Wildman–Crippen LogP) is 1.69. The van der Waals surface area contributed by atoms with Crippen LogP contribution in [0.4, 0.5) is 0 Å². The summed E-state index contributed by atoms with van der Waals surface area (Å²) in [6.07, 6.45) is 0.795. The zero-order valence-electron chi connectivity index (χ0n) is 11.8. The van der Waals surface area contributed by atoms with E-state index < -0.39 is 17.9 Å². The molecule has 0 aliphatic heterocycles. The lowest BCUT2D eigenvalue weighted by Crippen LogP contribution is -2.38. The molecule has 6 nitrogen and oxygen atoms in total. The summed E-state index contributed by atoms with van der Waals surface area (Å²) in [7, 11) is 1.52. The van der Waals surface area contributed by atoms with Crippen molar-refractivity contribution in [3.63, 3.8) is 0 Å². The van der Waals surface area contributed by atoms with E-state index in [0.29, 0.717) is 18.1 Å². The second kappa shape index (κ2) is 7.37. The standard InChI is InChI=1S/C14H19NO5/c1-4-7-20-12-8-10(19-3)5-6-11(12)13(16)15-9(2)14(17)18/h5-6,8-9H,4,7H2,1-3H3,(H,15,16)(H,17,18)/t9-/m1/s1. The molecule has 1 amide bonds. The molecule has 6 heteroatoms. The maximum absolute atomic E-state index is 12.0. The zero-order valence-corrected chi connectivity index (χ0v) is 11.8. The molecule has 1 rings (SSSR count). The Balaban J connectivity index is 2.96. The van der Waals surface area contributed by atoms with E-state index in [1.807, 2.05) is 6.92 Å². The second-order valence-corrected chi connectivity index (χ2v) is 4.24. The van der Waals surface area contributed by atoms with Crippen molar-refractivity contribution in [3.05, 3.63) is 23.8 Å². The van der Waals surface area contributed by atoms with Gasteiger partial charge in [0.25, 0.3) is 5.91 Å². The van der Waals surface area contributed by atoms with E-state index in [9.17, 15) is 9.59 Å². The fourth-order valence-electron chi connectivity index (χ4n) is 1.48. The summed E-state index contributed by atoms with van der Waals surface area (Å²) < 4.78 is 10.6. The van der Waals surface area contributed by atoms with Gasteiger partial charge in [0.15, 0.2) is 0 Å². The molecular formula is C14H19NO5. The van der Waals surface area contributed by atoms with E-state index in [1.54, 1.807) is 18.2 Å². The van der Waals surface area contributed by atoms with E-state index in [-0.39, 0.29) is 5.56 Å². The molecule has 0 radical (unpaired) electrons. The highest BCUT2D eigenvalue weighted by atomic mass is 16.5. The van der Waals surface area contributed by atoms with Crippen LogP contribution < -0.4 is 14.8 Å². The molecule has 2 N–H and O–H groups in total. The Hall–Kier alpha value is -2.24. The lowest BCUT2D eigenvalue weighted by atomic mass is 10.1. The molecule has 1 aromatic carbocycles. The van der Waals surface area contributed by atoms with Crippen molar-refractivity contribution in [1.29, 1.82) is 0 Å². The van der Waals surface area contributed by atoms with Gasteiger partial charge in [-0.1, -0.05) is 6.92 Å². The normalized spacial score (nSPS) is 11.6. The minimum Gasteiger partial charge on any atom is -0.497 e. The number of carboxylic acid groups (broad SMARTS) is 1. The quantitative estimate of drug-likeness (QED) is 0.794. The van der Waals surface area contributed by atoms with Gasteiger partial charge in [-0.05, 0) is 25.5 Å². The first-order valence-electron chi connectivity index (χ1n) is 6.34. The minimum absolute atomic E-state index is 0.285. The van der Waals surface area contributed by atoms with Crippen LogP contribution in [0.3, 0.4) is 0 Å². The van der Waals surface area contributed by atoms with E-state index >= 15 is 0 Å². The van der Waals surface area contributed by atoms with Gasteiger partial charge in [0, 0.05) is 6.07 Å². The van der Waals surface area contributed by atoms with E-state index in [4.69, 9.17) is 14.6 Å². The second-order valence-electron chi connectivity index (χ2n) is 4.24. The Morgan fingerprint density at radius 2 is 2.10 bits per heavy atom. The molecule has 0 aliphatic rings. The summed E-state index contributed by atoms with van der Waals surface area (Å²) in [4.78, 5) is 22.8. The number of rotatable bonds is 7. The number of carboxylic acids is 1. The molecule has 0 saturated heterocycles. The average molecular weight is 281 g/mol. The molecule has 0 aliphatic carbocycles. The molecule has 1 atom stereocenters. The summed E-state index contributed by atoms with van der Waals surface area (Å²) in [6, 6.07) is 3.81. The van der Waals surface area contributed by atoms with Crippen LogP contribution in [-0.2, 0) is 4.79 Å². The Labute approximate surface area is 117 Å². The number of carbonyl (C=O) groups excluding carboxylic acids is 1. The smallest absolute Gasteiger partial charge is 0.325 e. The van der Waals surface area contributed by atoms with Crippen LogP contribution in [0.15, 0.2) is 18.2 Å². The summed E-state index contributed by atoms with van der Waals surface area (Å²) in [6.45, 7) is 3.81. The number of aliphatic carboxylic acids is 1. The van der Waals surface area contributed by atoms with E-state index in [0.717, 1.165) is 6.42 Å². The van der Waals surface area contributed by atoms with Gasteiger partial charge in [-0.15, -0.1) is 0 Å². The van der Waals surface area contributed by atoms with Gasteiger partial charge in [0.2, 0.25) is 0 Å². The highest BCUT2D eigenvalue weighted by Gasteiger charge is 2.19. The maximum Gasteiger partial charge on any atom is 0.325 e. The molecule has 20 heavy (non-hydrogen) atoms. The van der Waals surface area contributed by atoms with Crippen LogP contribution in [0, 0.1) is 0 Å². The predicted molar refractivity (Wildman–Crippen MR) is 73.3 cm³/mol. The largest absolute Gasteiger partial charge is 0.497 e. The fraction of sp³-hybridized carbons (Fsp3) is 0.429. The number of amides is 1. The number of hydrogen-bond donors (Lipinski definition) is 2. The number of benzene rings is 1. The van der Waals surface area contributed by atoms with E-state index in [1.165, 1.54) is 14.0 Å². The van der Waals surface area contributed by atoms with Crippen molar-refractivity contribution in [2.75, 3.05) is 13.7 Å². The molecule has 0 spiro atoms. The zero-order chi connectivity index (χ0) is 15.1. The van der Waals surface area contributed by atoms with Crippen molar-refractivity contribution in [3.8, 4) is 11.5 Å². The van der Waals surface area contributed by atoms with Crippen molar-refractivity contribution >= 4 is 11.9 Å². The summed E-state index contributed by atoms with van der Waals surface area (Å²) >= 11 is 0. The number of carbonyl (C=O) groups is 2. The Kier molecular flexibility index (Phi) is 5.83. The van der Waals surface area contributed by atoms with Gasteiger partial charge < -0.3 is 19.9 Å². The highest BCUT2D eigenvalue weighted by molar-refractivity contribution is 5.99. The van der Waals surface area contributed by atoms with Crippen LogP contribution in [0.1, 0.15) is 30.6 Å². The number of nitrogens with one attached hydrogen (secondary N) is 1. The van der Waals surface area contributed by atoms with E-state index in [2.05, 4.69) is 5.32 Å². The molecule has 0 fully saturated rings. The molecule has 0 bridgehead atoms. The molecule has 0 aromatic heterocycles. The van der Waals surface area contributed by atoms with Gasteiger partial charge in [0.1, 0.15) is 17.5 Å². The monoisotopic (exact) mass is 281 g/mol. The van der Waals surface area contributed by atoms with Gasteiger partial charge in [-0.3, -0.25) is 9.59 Å². The van der Waals surface area contributed by atoms with Gasteiger partial charge in [-0.25, -0.2) is 0 Å². The van der Waals surface area contributed by atoms with Gasteiger partial charge >= 0.3 is 5.97 Å². The molecule has 1 aromatic rings. The Morgan fingerprint density at radius 1 is 1.40 bits per heavy atom. The minimum atomic E-state index is -1.09. The maximum atomic E-state index is 12.0. The first kappa shape index (κ1) is 15.8. The topological polar surface area (TPSA) is 84.9 Å². The molecule has 0 saturated carbocycles. The third kappa shape index (κ3) is 4.15. The average Bonchev–Trinajstić information content (AvgIpc) is 2.44. The lowest BCUT2D eigenvalue weighted by molar-refractivity contribution is -0.138.